The van der Waals surface area contributed by atoms with Crippen molar-refractivity contribution in [1.29, 1.82) is 0 Å². The van der Waals surface area contributed by atoms with E-state index in [1.165, 1.54) is 6.92 Å². The summed E-state index contributed by atoms with van der Waals surface area (Å²) < 4.78 is 45.9. The Bertz CT molecular complexity index is 1300. The van der Waals surface area contributed by atoms with Crippen molar-refractivity contribution in [3.8, 4) is 11.8 Å². The predicted molar refractivity (Wildman–Crippen MR) is 155 cm³/mol. The zero-order valence-electron chi connectivity index (χ0n) is 23.1. The fraction of sp³-hybridized carbons (Fsp3) is 0.344. The van der Waals surface area contributed by atoms with Gasteiger partial charge in [-0.15, -0.1) is 0 Å². The summed E-state index contributed by atoms with van der Waals surface area (Å²) in [6.45, 7) is 4.80. The van der Waals surface area contributed by atoms with Crippen molar-refractivity contribution in [2.45, 2.75) is 44.8 Å². The van der Waals surface area contributed by atoms with E-state index in [1.54, 1.807) is 24.3 Å². The molecule has 0 aromatic heterocycles. The molecule has 8 heteroatoms. The largest absolute Gasteiger partial charge is 0.453 e. The lowest BCUT2D eigenvalue weighted by atomic mass is 9.82. The summed E-state index contributed by atoms with van der Waals surface area (Å²) in [6, 6.07) is 26.4. The Morgan fingerprint density at radius 2 is 1.38 bits per heavy atom. The zero-order valence-corrected chi connectivity index (χ0v) is 23.9. The maximum absolute atomic E-state index is 12.9. The van der Waals surface area contributed by atoms with Crippen LogP contribution in [0.5, 0.6) is 0 Å². The van der Waals surface area contributed by atoms with Gasteiger partial charge in [0.05, 0.1) is 31.3 Å². The van der Waals surface area contributed by atoms with Gasteiger partial charge in [0.25, 0.3) is 0 Å². The smallest absolute Gasteiger partial charge is 0.303 e. The van der Waals surface area contributed by atoms with E-state index in [1.807, 2.05) is 67.6 Å². The second kappa shape index (κ2) is 15.9. The molecule has 3 aromatic carbocycles. The number of hydrogen-bond donors (Lipinski definition) is 1. The van der Waals surface area contributed by atoms with Crippen LogP contribution in [-0.2, 0) is 42.2 Å². The van der Waals surface area contributed by atoms with Crippen LogP contribution in [0.3, 0.4) is 0 Å². The molecule has 3 rings (SSSR count). The highest BCUT2D eigenvalue weighted by Gasteiger charge is 2.31. The Hall–Kier alpha value is -3.48. The zero-order chi connectivity index (χ0) is 28.7. The van der Waals surface area contributed by atoms with Gasteiger partial charge in [-0.25, -0.2) is 13.1 Å². The van der Waals surface area contributed by atoms with Crippen molar-refractivity contribution in [3.05, 3.63) is 102 Å². The number of hydrogen-bond acceptors (Lipinski definition) is 6. The molecule has 0 unspecified atom stereocenters. The monoisotopic (exact) mass is 563 g/mol. The van der Waals surface area contributed by atoms with Crippen LogP contribution in [0.1, 0.15) is 36.5 Å². The number of benzene rings is 3. The maximum atomic E-state index is 12.9. The van der Waals surface area contributed by atoms with E-state index in [4.69, 9.17) is 14.2 Å². The van der Waals surface area contributed by atoms with Gasteiger partial charge in [-0.05, 0) is 36.6 Å². The Balaban J connectivity index is 1.76. The molecular formula is C32H37NO6S. The van der Waals surface area contributed by atoms with Gasteiger partial charge in [0.15, 0.2) is 6.61 Å². The van der Waals surface area contributed by atoms with E-state index >= 15 is 0 Å². The highest BCUT2D eigenvalue weighted by molar-refractivity contribution is 7.89. The second-order valence-corrected chi connectivity index (χ2v) is 11.5. The van der Waals surface area contributed by atoms with Crippen LogP contribution in [0.25, 0.3) is 0 Å². The molecule has 0 aliphatic rings. The van der Waals surface area contributed by atoms with Gasteiger partial charge in [0, 0.05) is 25.3 Å². The van der Waals surface area contributed by atoms with Gasteiger partial charge in [0.1, 0.15) is 0 Å². The van der Waals surface area contributed by atoms with Crippen LogP contribution < -0.4 is 4.72 Å². The van der Waals surface area contributed by atoms with Crippen LogP contribution in [-0.4, -0.2) is 40.8 Å². The lowest BCUT2D eigenvalue weighted by molar-refractivity contribution is -0.139. The van der Waals surface area contributed by atoms with Crippen molar-refractivity contribution in [3.63, 3.8) is 0 Å². The summed E-state index contributed by atoms with van der Waals surface area (Å²) in [6.07, 6.45) is 0.786. The first-order valence-electron chi connectivity index (χ1n) is 13.2. The van der Waals surface area contributed by atoms with E-state index in [-0.39, 0.29) is 18.0 Å². The molecule has 0 spiro atoms. The predicted octanol–water partition coefficient (Wildman–Crippen LogP) is 5.04. The molecule has 212 valence electrons. The Morgan fingerprint density at radius 3 is 1.90 bits per heavy atom. The molecule has 0 fully saturated rings. The Kier molecular flexibility index (Phi) is 12.4. The lowest BCUT2D eigenvalue weighted by Gasteiger charge is -2.32. The quantitative estimate of drug-likeness (QED) is 0.206. The fourth-order valence-electron chi connectivity index (χ4n) is 3.99. The molecule has 7 nitrogen and oxygen atoms in total. The van der Waals surface area contributed by atoms with Crippen LogP contribution in [0.15, 0.2) is 89.8 Å². The Labute approximate surface area is 237 Å². The van der Waals surface area contributed by atoms with Gasteiger partial charge in [-0.3, -0.25) is 4.79 Å². The molecule has 0 heterocycles. The maximum Gasteiger partial charge on any atom is 0.303 e. The first-order valence-corrected chi connectivity index (χ1v) is 14.7. The lowest BCUT2D eigenvalue weighted by Crippen LogP contribution is -2.37. The van der Waals surface area contributed by atoms with Crippen molar-refractivity contribution in [1.82, 2.24) is 4.72 Å². The van der Waals surface area contributed by atoms with E-state index in [2.05, 4.69) is 16.6 Å². The minimum atomic E-state index is -3.69. The number of nitrogens with one attached hydrogen (secondary N) is 1. The average molecular weight is 564 g/mol. The van der Waals surface area contributed by atoms with Crippen LogP contribution in [0.4, 0.5) is 0 Å². The van der Waals surface area contributed by atoms with E-state index in [0.717, 1.165) is 16.7 Å². The number of rotatable bonds is 15. The highest BCUT2D eigenvalue weighted by atomic mass is 32.2. The molecule has 0 aliphatic heterocycles. The molecule has 0 saturated carbocycles. The molecule has 0 amide bonds. The van der Waals surface area contributed by atoms with Crippen LogP contribution in [0, 0.1) is 24.2 Å². The average Bonchev–Trinajstić information content (AvgIpc) is 2.94. The SMILES string of the molecule is CC(=O)OCC#CCC(CCNS(=O)(=O)c1ccc(C)cc1)(COCc1ccccc1)COCc1ccccc1. The third-order valence-electron chi connectivity index (χ3n) is 6.25. The summed E-state index contributed by atoms with van der Waals surface area (Å²) in [5, 5.41) is 0. The summed E-state index contributed by atoms with van der Waals surface area (Å²) in [4.78, 5) is 11.3. The molecule has 40 heavy (non-hydrogen) atoms. The van der Waals surface area contributed by atoms with Crippen LogP contribution in [0.2, 0.25) is 0 Å². The van der Waals surface area contributed by atoms with E-state index in [0.29, 0.717) is 39.3 Å². The molecule has 0 aliphatic carbocycles. The first-order chi connectivity index (χ1) is 19.3. The molecule has 0 saturated heterocycles. The molecule has 0 radical (unpaired) electrons. The summed E-state index contributed by atoms with van der Waals surface area (Å²) in [5.41, 5.74) is 2.42. The first kappa shape index (κ1) is 31.1. The second-order valence-electron chi connectivity index (χ2n) is 9.73. The molecule has 0 atom stereocenters. The summed E-state index contributed by atoms with van der Waals surface area (Å²) >= 11 is 0. The Morgan fingerprint density at radius 1 is 0.825 bits per heavy atom. The van der Waals surface area contributed by atoms with Gasteiger partial charge in [-0.2, -0.15) is 0 Å². The van der Waals surface area contributed by atoms with Gasteiger partial charge in [-0.1, -0.05) is 90.2 Å². The number of carbonyl (C=O) groups is 1. The molecular weight excluding hydrogens is 526 g/mol. The molecule has 0 bridgehead atoms. The fourth-order valence-corrected chi connectivity index (χ4v) is 5.02. The minimum absolute atomic E-state index is 0.0127. The number of esters is 1. The summed E-state index contributed by atoms with van der Waals surface area (Å²) in [5.74, 6) is 5.58. The van der Waals surface area contributed by atoms with Crippen molar-refractivity contribution < 1.29 is 27.4 Å². The molecule has 3 aromatic rings. The minimum Gasteiger partial charge on any atom is -0.453 e. The number of carbonyl (C=O) groups excluding carboxylic acids is 1. The number of aryl methyl sites for hydroxylation is 1. The van der Waals surface area contributed by atoms with Crippen molar-refractivity contribution in [2.24, 2.45) is 5.41 Å². The third-order valence-corrected chi connectivity index (χ3v) is 7.73. The van der Waals surface area contributed by atoms with E-state index < -0.39 is 21.4 Å². The van der Waals surface area contributed by atoms with Gasteiger partial charge >= 0.3 is 5.97 Å². The van der Waals surface area contributed by atoms with E-state index in [9.17, 15) is 13.2 Å². The normalized spacial score (nSPS) is 11.4. The van der Waals surface area contributed by atoms with Crippen molar-refractivity contribution in [2.75, 3.05) is 26.4 Å². The topological polar surface area (TPSA) is 90.9 Å². The number of ether oxygens (including phenoxy) is 3. The standard InChI is InChI=1S/C32H37NO6S/c1-27-15-17-31(18-16-27)40(35,36)33-21-20-32(19-9-10-22-39-28(2)34,25-37-23-29-11-5-3-6-12-29)26-38-24-30-13-7-4-8-14-30/h3-8,11-18,33H,19-26H2,1-2H3. The summed E-state index contributed by atoms with van der Waals surface area (Å²) in [7, 11) is -3.69. The highest BCUT2D eigenvalue weighted by Crippen LogP contribution is 2.29. The third kappa shape index (κ3) is 10.9. The van der Waals surface area contributed by atoms with Crippen LogP contribution >= 0.6 is 0 Å². The van der Waals surface area contributed by atoms with Gasteiger partial charge in [0.2, 0.25) is 10.0 Å². The van der Waals surface area contributed by atoms with Gasteiger partial charge < -0.3 is 14.2 Å². The number of sulfonamides is 1. The van der Waals surface area contributed by atoms with Crippen molar-refractivity contribution >= 4 is 16.0 Å². The molecule has 1 N–H and O–H groups in total.